The molecule has 2 N–H and O–H groups in total. The number of hydrogen-bond acceptors (Lipinski definition) is 5. The van der Waals surface area contributed by atoms with E-state index in [-0.39, 0.29) is 30.2 Å². The lowest BCUT2D eigenvalue weighted by atomic mass is 9.86. The maximum atomic E-state index is 12.9. The fourth-order valence-corrected chi connectivity index (χ4v) is 4.27. The molecule has 1 fully saturated rings. The van der Waals surface area contributed by atoms with Gasteiger partial charge in [-0.3, -0.25) is 4.90 Å². The van der Waals surface area contributed by atoms with Crippen LogP contribution in [0.1, 0.15) is 29.4 Å². The summed E-state index contributed by atoms with van der Waals surface area (Å²) in [5.41, 5.74) is 1.79. The summed E-state index contributed by atoms with van der Waals surface area (Å²) in [6, 6.07) is 14.7. The molecule has 2 aromatic carbocycles. The Morgan fingerprint density at radius 2 is 1.91 bits per heavy atom. The number of aromatic nitrogens is 1. The fourth-order valence-electron chi connectivity index (χ4n) is 4.14. The second-order valence-electron chi connectivity index (χ2n) is 8.30. The molecule has 1 unspecified atom stereocenters. The first-order chi connectivity index (χ1) is 16.7. The van der Waals surface area contributed by atoms with E-state index in [4.69, 9.17) is 16.3 Å². The van der Waals surface area contributed by atoms with Crippen LogP contribution in [0.3, 0.4) is 0 Å². The van der Waals surface area contributed by atoms with E-state index in [2.05, 4.69) is 20.3 Å². The van der Waals surface area contributed by atoms with Crippen LogP contribution in [-0.2, 0) is 12.7 Å². The third-order valence-corrected chi connectivity index (χ3v) is 6.14. The first-order valence-electron chi connectivity index (χ1n) is 10.9. The number of carbonyl (C=O) groups excluding carboxylic acids is 1. The van der Waals surface area contributed by atoms with E-state index in [1.54, 1.807) is 31.4 Å². The Labute approximate surface area is 205 Å². The largest absolute Gasteiger partial charge is 0.497 e. The number of ether oxygens (including phenoxy) is 1. The number of methoxy groups -OCH3 is 1. The number of urea groups is 1. The lowest BCUT2D eigenvalue weighted by Gasteiger charge is -2.39. The van der Waals surface area contributed by atoms with Crippen molar-refractivity contribution in [2.45, 2.75) is 31.1 Å². The van der Waals surface area contributed by atoms with Crippen molar-refractivity contribution in [3.05, 3.63) is 76.6 Å². The Balaban J connectivity index is 1.47. The minimum Gasteiger partial charge on any atom is -0.497 e. The van der Waals surface area contributed by atoms with Gasteiger partial charge < -0.3 is 19.9 Å². The number of alkyl halides is 3. The van der Waals surface area contributed by atoms with Crippen molar-refractivity contribution in [3.8, 4) is 5.75 Å². The molecule has 3 aromatic rings. The summed E-state index contributed by atoms with van der Waals surface area (Å²) >= 11 is 5.90. The predicted molar refractivity (Wildman–Crippen MR) is 125 cm³/mol. The highest BCUT2D eigenvalue weighted by Gasteiger charge is 2.37. The maximum Gasteiger partial charge on any atom is 0.452 e. The monoisotopic (exact) mass is 508 g/mol. The molecule has 7 nitrogen and oxygen atoms in total. The average Bonchev–Trinajstić information content (AvgIpc) is 3.31. The summed E-state index contributed by atoms with van der Waals surface area (Å²) in [6.45, 7) is 1.27. The first kappa shape index (κ1) is 24.9. The van der Waals surface area contributed by atoms with E-state index < -0.39 is 11.9 Å². The molecule has 1 saturated heterocycles. The Kier molecular flexibility index (Phi) is 7.51. The van der Waals surface area contributed by atoms with Crippen LogP contribution in [0.25, 0.3) is 0 Å². The van der Waals surface area contributed by atoms with Crippen molar-refractivity contribution in [2.75, 3.05) is 25.5 Å². The molecule has 0 radical (unpaired) electrons. The third-order valence-electron chi connectivity index (χ3n) is 5.88. The molecule has 2 amide bonds. The minimum absolute atomic E-state index is 0.111. The van der Waals surface area contributed by atoms with Crippen LogP contribution in [-0.4, -0.2) is 42.3 Å². The molecule has 0 bridgehead atoms. The number of carbonyl (C=O) groups is 1. The Hall–Kier alpha value is -3.24. The molecule has 0 saturated carbocycles. The molecular weight excluding hydrogens is 485 g/mol. The van der Waals surface area contributed by atoms with Crippen LogP contribution < -0.4 is 15.4 Å². The van der Waals surface area contributed by atoms with Crippen LogP contribution in [0, 0.1) is 0 Å². The van der Waals surface area contributed by atoms with Crippen molar-refractivity contribution >= 4 is 23.3 Å². The number of piperidine rings is 1. The molecule has 11 heteroatoms. The van der Waals surface area contributed by atoms with E-state index in [0.29, 0.717) is 36.0 Å². The average molecular weight is 509 g/mol. The van der Waals surface area contributed by atoms with Gasteiger partial charge in [0, 0.05) is 48.4 Å². The van der Waals surface area contributed by atoms with Crippen LogP contribution in [0.5, 0.6) is 5.75 Å². The molecule has 1 aliphatic rings. The summed E-state index contributed by atoms with van der Waals surface area (Å²) < 4.78 is 48.3. The topological polar surface area (TPSA) is 79.6 Å². The van der Waals surface area contributed by atoms with Gasteiger partial charge in [0.1, 0.15) is 5.75 Å². The summed E-state index contributed by atoms with van der Waals surface area (Å²) in [7, 11) is 1.58. The van der Waals surface area contributed by atoms with Gasteiger partial charge in [0.05, 0.1) is 12.8 Å². The molecule has 2 atom stereocenters. The van der Waals surface area contributed by atoms with Crippen molar-refractivity contribution < 1.29 is 27.2 Å². The van der Waals surface area contributed by atoms with Gasteiger partial charge in [-0.2, -0.15) is 13.2 Å². The highest BCUT2D eigenvalue weighted by Crippen LogP contribution is 2.32. The maximum absolute atomic E-state index is 12.9. The molecule has 35 heavy (non-hydrogen) atoms. The number of amides is 2. The third kappa shape index (κ3) is 6.46. The van der Waals surface area contributed by atoms with Crippen LogP contribution in [0.15, 0.2) is 59.1 Å². The van der Waals surface area contributed by atoms with E-state index in [0.717, 1.165) is 11.6 Å². The number of rotatable bonds is 6. The standard InChI is InChI=1S/C24H24ClF3N4O3/c1-34-19-8-2-15(3-9-19)20-14-32(13-18-12-22(35-31-18)24(26,27)28)11-10-21(20)30-23(33)29-17-6-4-16(25)5-7-17/h2-9,12,20-21H,10-11,13-14H2,1H3,(H2,29,30,33)/t20?,21-/m1/s1. The van der Waals surface area contributed by atoms with E-state index in [1.165, 1.54) is 0 Å². The summed E-state index contributed by atoms with van der Waals surface area (Å²) in [5, 5.41) is 9.99. The van der Waals surface area contributed by atoms with Crippen molar-refractivity contribution in [2.24, 2.45) is 0 Å². The Morgan fingerprint density at radius 3 is 2.54 bits per heavy atom. The van der Waals surface area contributed by atoms with Crippen molar-refractivity contribution in [1.29, 1.82) is 0 Å². The number of hydrogen-bond donors (Lipinski definition) is 2. The van der Waals surface area contributed by atoms with Gasteiger partial charge in [-0.25, -0.2) is 4.79 Å². The highest BCUT2D eigenvalue weighted by atomic mass is 35.5. The molecule has 1 aromatic heterocycles. The molecule has 0 aliphatic carbocycles. The normalized spacial score (nSPS) is 18.8. The lowest BCUT2D eigenvalue weighted by molar-refractivity contribution is -0.155. The van der Waals surface area contributed by atoms with E-state index in [1.807, 2.05) is 29.2 Å². The second-order valence-corrected chi connectivity index (χ2v) is 8.73. The minimum atomic E-state index is -4.58. The number of nitrogens with zero attached hydrogens (tertiary/aromatic N) is 2. The number of halogens is 4. The van der Waals surface area contributed by atoms with Crippen LogP contribution in [0.4, 0.5) is 23.7 Å². The number of nitrogens with one attached hydrogen (secondary N) is 2. The number of benzene rings is 2. The lowest BCUT2D eigenvalue weighted by Crippen LogP contribution is -2.50. The summed E-state index contributed by atoms with van der Waals surface area (Å²) in [4.78, 5) is 14.7. The zero-order valence-electron chi connectivity index (χ0n) is 18.8. The Bertz CT molecular complexity index is 1140. The van der Waals surface area contributed by atoms with E-state index >= 15 is 0 Å². The zero-order valence-corrected chi connectivity index (χ0v) is 19.6. The van der Waals surface area contributed by atoms with Gasteiger partial charge >= 0.3 is 12.2 Å². The number of anilines is 1. The molecule has 1 aliphatic heterocycles. The summed E-state index contributed by atoms with van der Waals surface area (Å²) in [5.74, 6) is -0.525. The molecule has 4 rings (SSSR count). The number of likely N-dealkylation sites (tertiary alicyclic amines) is 1. The molecule has 186 valence electrons. The SMILES string of the molecule is COc1ccc(C2CN(Cc3cc(C(F)(F)F)on3)CC[C@H]2NC(=O)Nc2ccc(Cl)cc2)cc1. The molecule has 2 heterocycles. The second kappa shape index (κ2) is 10.6. The predicted octanol–water partition coefficient (Wildman–Crippen LogP) is 5.54. The zero-order chi connectivity index (χ0) is 25.0. The van der Waals surface area contributed by atoms with Gasteiger partial charge in [0.15, 0.2) is 0 Å². The molecule has 0 spiro atoms. The van der Waals surface area contributed by atoms with Gasteiger partial charge in [0.2, 0.25) is 5.76 Å². The van der Waals surface area contributed by atoms with Gasteiger partial charge in [-0.15, -0.1) is 0 Å². The first-order valence-corrected chi connectivity index (χ1v) is 11.3. The van der Waals surface area contributed by atoms with Gasteiger partial charge in [0.25, 0.3) is 0 Å². The molecular formula is C24H24ClF3N4O3. The van der Waals surface area contributed by atoms with Crippen LogP contribution >= 0.6 is 11.6 Å². The van der Waals surface area contributed by atoms with Gasteiger partial charge in [-0.1, -0.05) is 28.9 Å². The van der Waals surface area contributed by atoms with E-state index in [9.17, 15) is 18.0 Å². The summed E-state index contributed by atoms with van der Waals surface area (Å²) in [6.07, 6.45) is -3.99. The van der Waals surface area contributed by atoms with Gasteiger partial charge in [-0.05, 0) is 48.4 Å². The smallest absolute Gasteiger partial charge is 0.452 e. The quantitative estimate of drug-likeness (QED) is 0.457. The highest BCUT2D eigenvalue weighted by molar-refractivity contribution is 6.30. The Morgan fingerprint density at radius 1 is 1.20 bits per heavy atom. The van der Waals surface area contributed by atoms with Crippen molar-refractivity contribution in [1.82, 2.24) is 15.4 Å². The fraction of sp³-hybridized carbons (Fsp3) is 0.333. The van der Waals surface area contributed by atoms with Crippen molar-refractivity contribution in [3.63, 3.8) is 0 Å². The van der Waals surface area contributed by atoms with Crippen LogP contribution in [0.2, 0.25) is 5.02 Å².